The first-order chi connectivity index (χ1) is 9.29. The number of hydrogen-bond donors (Lipinski definition) is 0. The molecule has 0 aliphatic heterocycles. The van der Waals surface area contributed by atoms with E-state index in [0.717, 1.165) is 0 Å². The van der Waals surface area contributed by atoms with Gasteiger partial charge in [0.1, 0.15) is 0 Å². The fraction of sp³-hybridized carbons (Fsp3) is 0.857. The van der Waals surface area contributed by atoms with Crippen molar-refractivity contribution in [1.29, 1.82) is 5.26 Å². The molecule has 1 amide bonds. The molecule has 1 aliphatic carbocycles. The molecule has 114 valence electrons. The van der Waals surface area contributed by atoms with Crippen LogP contribution in [0.25, 0.3) is 0 Å². The van der Waals surface area contributed by atoms with Gasteiger partial charge in [0.2, 0.25) is 5.91 Å². The summed E-state index contributed by atoms with van der Waals surface area (Å²) in [6, 6.07) is 2.05. The van der Waals surface area contributed by atoms with Crippen LogP contribution in [0.3, 0.4) is 0 Å². The van der Waals surface area contributed by atoms with Crippen LogP contribution in [-0.2, 0) is 4.79 Å². The lowest BCUT2D eigenvalue weighted by atomic mass is 9.80. The number of hydrogen-bond acceptors (Lipinski definition) is 2. The standard InChI is InChI=1S/C14H21F3N2O/c1-3-19(9-10(2)8-18)13(20)11-5-4-6-12(7-11)14(15,16)17/h10-12H,3-7,9H2,1-2H3. The normalized spacial score (nSPS) is 24.8. The number of nitrogens with zero attached hydrogens (tertiary/aromatic N) is 2. The van der Waals surface area contributed by atoms with Gasteiger partial charge in [-0.2, -0.15) is 18.4 Å². The van der Waals surface area contributed by atoms with Gasteiger partial charge in [-0.15, -0.1) is 0 Å². The van der Waals surface area contributed by atoms with Gasteiger partial charge in [0.25, 0.3) is 0 Å². The molecule has 0 aromatic rings. The molecule has 3 nitrogen and oxygen atoms in total. The summed E-state index contributed by atoms with van der Waals surface area (Å²) < 4.78 is 38.3. The van der Waals surface area contributed by atoms with Crippen molar-refractivity contribution >= 4 is 5.91 Å². The molecule has 3 unspecified atom stereocenters. The summed E-state index contributed by atoms with van der Waals surface area (Å²) in [4.78, 5) is 13.8. The van der Waals surface area contributed by atoms with Gasteiger partial charge in [-0.25, -0.2) is 0 Å². The first-order valence-electron chi connectivity index (χ1n) is 7.04. The Labute approximate surface area is 117 Å². The molecule has 0 bridgehead atoms. The molecular weight excluding hydrogens is 269 g/mol. The number of nitriles is 1. The fourth-order valence-corrected chi connectivity index (χ4v) is 2.72. The average molecular weight is 290 g/mol. The first kappa shape index (κ1) is 16.8. The predicted octanol–water partition coefficient (Wildman–Crippen LogP) is 3.36. The maximum absolute atomic E-state index is 12.8. The third-order valence-corrected chi connectivity index (χ3v) is 3.89. The van der Waals surface area contributed by atoms with Gasteiger partial charge in [0, 0.05) is 19.0 Å². The molecule has 1 saturated carbocycles. The van der Waals surface area contributed by atoms with Crippen LogP contribution in [0, 0.1) is 29.1 Å². The summed E-state index contributed by atoms with van der Waals surface area (Å²) in [5.74, 6) is -2.46. The van der Waals surface area contributed by atoms with Crippen LogP contribution >= 0.6 is 0 Å². The van der Waals surface area contributed by atoms with Crippen molar-refractivity contribution in [3.63, 3.8) is 0 Å². The molecule has 0 saturated heterocycles. The minimum atomic E-state index is -4.21. The van der Waals surface area contributed by atoms with Gasteiger partial charge in [-0.05, 0) is 33.1 Å². The van der Waals surface area contributed by atoms with Crippen LogP contribution in [-0.4, -0.2) is 30.1 Å². The van der Waals surface area contributed by atoms with Gasteiger partial charge >= 0.3 is 6.18 Å². The van der Waals surface area contributed by atoms with Crippen LogP contribution in [0.15, 0.2) is 0 Å². The highest BCUT2D eigenvalue weighted by molar-refractivity contribution is 5.79. The Kier molecular flexibility index (Phi) is 5.85. The lowest BCUT2D eigenvalue weighted by molar-refractivity contribution is -0.187. The van der Waals surface area contributed by atoms with E-state index in [0.29, 0.717) is 25.9 Å². The zero-order valence-electron chi connectivity index (χ0n) is 11.9. The van der Waals surface area contributed by atoms with Gasteiger partial charge in [0.15, 0.2) is 0 Å². The molecule has 20 heavy (non-hydrogen) atoms. The Hall–Kier alpha value is -1.25. The lowest BCUT2D eigenvalue weighted by Gasteiger charge is -2.33. The minimum absolute atomic E-state index is 0.111. The van der Waals surface area contributed by atoms with E-state index < -0.39 is 18.0 Å². The number of carbonyl (C=O) groups excluding carboxylic acids is 1. The predicted molar refractivity (Wildman–Crippen MR) is 68.5 cm³/mol. The summed E-state index contributed by atoms with van der Waals surface area (Å²) in [6.07, 6.45) is -3.25. The minimum Gasteiger partial charge on any atom is -0.341 e. The van der Waals surface area contributed by atoms with Gasteiger partial charge in [0.05, 0.1) is 17.9 Å². The highest BCUT2D eigenvalue weighted by atomic mass is 19.4. The monoisotopic (exact) mass is 290 g/mol. The summed E-state index contributed by atoms with van der Waals surface area (Å²) >= 11 is 0. The Morgan fingerprint density at radius 1 is 1.45 bits per heavy atom. The maximum Gasteiger partial charge on any atom is 0.391 e. The highest BCUT2D eigenvalue weighted by Crippen LogP contribution is 2.40. The van der Waals surface area contributed by atoms with E-state index in [1.807, 2.05) is 6.07 Å². The number of rotatable bonds is 4. The molecule has 0 aromatic heterocycles. The van der Waals surface area contributed by atoms with Crippen molar-refractivity contribution in [2.24, 2.45) is 17.8 Å². The Morgan fingerprint density at radius 2 is 2.10 bits per heavy atom. The fourth-order valence-electron chi connectivity index (χ4n) is 2.72. The van der Waals surface area contributed by atoms with E-state index >= 15 is 0 Å². The molecule has 0 radical (unpaired) electrons. The third-order valence-electron chi connectivity index (χ3n) is 3.89. The van der Waals surface area contributed by atoms with Crippen molar-refractivity contribution in [3.8, 4) is 6.07 Å². The van der Waals surface area contributed by atoms with Crippen molar-refractivity contribution in [1.82, 2.24) is 4.90 Å². The average Bonchev–Trinajstić information content (AvgIpc) is 2.42. The second kappa shape index (κ2) is 6.96. The van der Waals surface area contributed by atoms with Crippen LogP contribution in [0.4, 0.5) is 13.2 Å². The van der Waals surface area contributed by atoms with Crippen LogP contribution in [0.2, 0.25) is 0 Å². The third kappa shape index (κ3) is 4.39. The Balaban J connectivity index is 2.68. The van der Waals surface area contributed by atoms with E-state index in [1.165, 1.54) is 4.90 Å². The van der Waals surface area contributed by atoms with Crippen LogP contribution < -0.4 is 0 Å². The maximum atomic E-state index is 12.8. The van der Waals surface area contributed by atoms with Gasteiger partial charge in [-0.3, -0.25) is 4.79 Å². The van der Waals surface area contributed by atoms with Gasteiger partial charge < -0.3 is 4.90 Å². The summed E-state index contributed by atoms with van der Waals surface area (Å²) in [5, 5.41) is 8.78. The van der Waals surface area contributed by atoms with Crippen molar-refractivity contribution < 1.29 is 18.0 Å². The van der Waals surface area contributed by atoms with E-state index in [4.69, 9.17) is 5.26 Å². The van der Waals surface area contributed by atoms with Crippen molar-refractivity contribution in [3.05, 3.63) is 0 Å². The number of halogens is 3. The molecule has 0 N–H and O–H groups in total. The number of alkyl halides is 3. The molecule has 0 heterocycles. The van der Waals surface area contributed by atoms with E-state index in [1.54, 1.807) is 13.8 Å². The van der Waals surface area contributed by atoms with E-state index in [-0.39, 0.29) is 24.7 Å². The molecule has 0 aromatic carbocycles. The molecular formula is C14H21F3N2O. The topological polar surface area (TPSA) is 44.1 Å². The SMILES string of the molecule is CCN(CC(C)C#N)C(=O)C1CCCC(C(F)(F)F)C1. The Morgan fingerprint density at radius 3 is 2.60 bits per heavy atom. The summed E-state index contributed by atoms with van der Waals surface area (Å²) in [5.41, 5.74) is 0. The largest absolute Gasteiger partial charge is 0.391 e. The Bertz CT molecular complexity index is 376. The molecule has 1 fully saturated rings. The van der Waals surface area contributed by atoms with Gasteiger partial charge in [-0.1, -0.05) is 6.42 Å². The smallest absolute Gasteiger partial charge is 0.341 e. The molecule has 0 spiro atoms. The van der Waals surface area contributed by atoms with Crippen molar-refractivity contribution in [2.45, 2.75) is 45.7 Å². The summed E-state index contributed by atoms with van der Waals surface area (Å²) in [6.45, 7) is 4.21. The zero-order chi connectivity index (χ0) is 15.3. The zero-order valence-corrected chi connectivity index (χ0v) is 11.9. The van der Waals surface area contributed by atoms with E-state index in [9.17, 15) is 18.0 Å². The van der Waals surface area contributed by atoms with Crippen LogP contribution in [0.1, 0.15) is 39.5 Å². The molecule has 1 rings (SSSR count). The van der Waals surface area contributed by atoms with Crippen molar-refractivity contribution in [2.75, 3.05) is 13.1 Å². The van der Waals surface area contributed by atoms with E-state index in [2.05, 4.69) is 0 Å². The molecule has 1 aliphatic rings. The highest BCUT2D eigenvalue weighted by Gasteiger charge is 2.44. The summed E-state index contributed by atoms with van der Waals surface area (Å²) in [7, 11) is 0. The second-order valence-corrected chi connectivity index (χ2v) is 5.51. The molecule has 3 atom stereocenters. The number of carbonyl (C=O) groups is 1. The number of amides is 1. The lowest BCUT2D eigenvalue weighted by Crippen LogP contribution is -2.41. The molecule has 6 heteroatoms. The van der Waals surface area contributed by atoms with Crippen LogP contribution in [0.5, 0.6) is 0 Å². The quantitative estimate of drug-likeness (QED) is 0.797. The first-order valence-corrected chi connectivity index (χ1v) is 7.04. The second-order valence-electron chi connectivity index (χ2n) is 5.51.